The number of halogens is 3. The summed E-state index contributed by atoms with van der Waals surface area (Å²) < 4.78 is 56.6. The summed E-state index contributed by atoms with van der Waals surface area (Å²) in [6.07, 6.45) is -4.34. The summed E-state index contributed by atoms with van der Waals surface area (Å²) in [6, 6.07) is 9.48. The lowest BCUT2D eigenvalue weighted by molar-refractivity contribution is -0.148. The van der Waals surface area contributed by atoms with Gasteiger partial charge < -0.3 is 14.2 Å². The molecule has 2 aromatic rings. The molecule has 1 aromatic heterocycles. The van der Waals surface area contributed by atoms with Crippen molar-refractivity contribution in [3.8, 4) is 5.88 Å². The maximum atomic E-state index is 13.3. The molecular weight excluding hydrogens is 449 g/mol. The number of rotatable bonds is 7. The Balaban J connectivity index is 1.99. The number of esters is 1. The van der Waals surface area contributed by atoms with Gasteiger partial charge in [0.05, 0.1) is 38.0 Å². The molecule has 1 fully saturated rings. The minimum atomic E-state index is -4.54. The molecule has 4 atom stereocenters. The van der Waals surface area contributed by atoms with Crippen molar-refractivity contribution in [2.45, 2.75) is 58.7 Å². The van der Waals surface area contributed by atoms with E-state index in [0.717, 1.165) is 17.8 Å². The zero-order chi connectivity index (χ0) is 25.1. The summed E-state index contributed by atoms with van der Waals surface area (Å²) >= 11 is 0. The number of carbonyl (C=O) groups excluding carboxylic acids is 1. The smallest absolute Gasteiger partial charge is 0.417 e. The molecule has 34 heavy (non-hydrogen) atoms. The highest BCUT2D eigenvalue weighted by atomic mass is 19.4. The number of hydrogen-bond acceptors (Lipinski definition) is 6. The summed E-state index contributed by atoms with van der Waals surface area (Å²) in [5.41, 5.74) is -0.179. The van der Waals surface area contributed by atoms with Crippen LogP contribution in [-0.2, 0) is 27.1 Å². The lowest BCUT2D eigenvalue weighted by Gasteiger charge is -2.35. The summed E-state index contributed by atoms with van der Waals surface area (Å²) in [5.74, 6) is -0.640. The van der Waals surface area contributed by atoms with E-state index in [-0.39, 0.29) is 48.0 Å². The summed E-state index contributed by atoms with van der Waals surface area (Å²) in [5, 5.41) is 3.37. The molecular formula is C25H31F3N2O4. The molecule has 3 rings (SSSR count). The minimum Gasteiger partial charge on any atom is -0.481 e. The molecule has 0 saturated carbocycles. The number of alkyl halides is 3. The number of hydrogen-bond donors (Lipinski definition) is 1. The highest BCUT2D eigenvalue weighted by molar-refractivity contribution is 5.77. The third-order valence-corrected chi connectivity index (χ3v) is 5.98. The predicted molar refractivity (Wildman–Crippen MR) is 120 cm³/mol. The molecule has 1 N–H and O–H groups in total. The second kappa shape index (κ2) is 10.3. The summed E-state index contributed by atoms with van der Waals surface area (Å²) in [7, 11) is 1.34. The molecule has 1 aliphatic rings. The monoisotopic (exact) mass is 480 g/mol. The molecule has 0 radical (unpaired) electrons. The van der Waals surface area contributed by atoms with Gasteiger partial charge in [-0.25, -0.2) is 4.98 Å². The van der Waals surface area contributed by atoms with Gasteiger partial charge in [0.15, 0.2) is 0 Å². The molecule has 0 bridgehead atoms. The fourth-order valence-electron chi connectivity index (χ4n) is 4.50. The Bertz CT molecular complexity index is 976. The van der Waals surface area contributed by atoms with Crippen LogP contribution >= 0.6 is 0 Å². The summed E-state index contributed by atoms with van der Waals surface area (Å²) in [4.78, 5) is 16.7. The Morgan fingerprint density at radius 1 is 1.15 bits per heavy atom. The quantitative estimate of drug-likeness (QED) is 0.567. The van der Waals surface area contributed by atoms with E-state index >= 15 is 0 Å². The van der Waals surface area contributed by atoms with Gasteiger partial charge in [0.25, 0.3) is 0 Å². The number of nitrogens with zero attached hydrogens (tertiary/aromatic N) is 1. The zero-order valence-electron chi connectivity index (χ0n) is 20.0. The second-order valence-electron chi connectivity index (χ2n) is 9.34. The first-order valence-electron chi connectivity index (χ1n) is 11.2. The zero-order valence-corrected chi connectivity index (χ0v) is 20.0. The van der Waals surface area contributed by atoms with Crippen LogP contribution in [0.25, 0.3) is 0 Å². The molecule has 0 amide bonds. The van der Waals surface area contributed by atoms with Crippen LogP contribution in [0, 0.1) is 11.3 Å². The van der Waals surface area contributed by atoms with Gasteiger partial charge in [-0.2, -0.15) is 13.2 Å². The lowest BCUT2D eigenvalue weighted by Crippen LogP contribution is -2.44. The number of methoxy groups -OCH3 is 1. The van der Waals surface area contributed by atoms with E-state index in [1.54, 1.807) is 6.92 Å². The van der Waals surface area contributed by atoms with Crippen molar-refractivity contribution < 1.29 is 32.2 Å². The van der Waals surface area contributed by atoms with E-state index in [1.165, 1.54) is 7.11 Å². The first-order valence-corrected chi connectivity index (χ1v) is 11.2. The Morgan fingerprint density at radius 2 is 1.82 bits per heavy atom. The van der Waals surface area contributed by atoms with E-state index in [9.17, 15) is 18.0 Å². The van der Waals surface area contributed by atoms with Crippen molar-refractivity contribution in [2.75, 3.05) is 13.7 Å². The Morgan fingerprint density at radius 3 is 2.38 bits per heavy atom. The van der Waals surface area contributed by atoms with Crippen LogP contribution in [0.3, 0.4) is 0 Å². The maximum absolute atomic E-state index is 13.3. The van der Waals surface area contributed by atoms with Crippen molar-refractivity contribution in [1.82, 2.24) is 10.3 Å². The van der Waals surface area contributed by atoms with E-state index in [0.29, 0.717) is 0 Å². The third-order valence-electron chi connectivity index (χ3n) is 5.98. The van der Waals surface area contributed by atoms with Crippen molar-refractivity contribution >= 4 is 5.97 Å². The van der Waals surface area contributed by atoms with Gasteiger partial charge >= 0.3 is 12.1 Å². The lowest BCUT2D eigenvalue weighted by atomic mass is 9.73. The third kappa shape index (κ3) is 5.70. The normalized spacial score (nSPS) is 23.1. The van der Waals surface area contributed by atoms with E-state index in [4.69, 9.17) is 14.2 Å². The fourth-order valence-corrected chi connectivity index (χ4v) is 4.50. The van der Waals surface area contributed by atoms with Gasteiger partial charge in [-0.3, -0.25) is 10.1 Å². The molecule has 186 valence electrons. The Hall–Kier alpha value is -2.65. The van der Waals surface area contributed by atoms with Crippen molar-refractivity contribution in [3.63, 3.8) is 0 Å². The topological polar surface area (TPSA) is 69.7 Å². The first-order chi connectivity index (χ1) is 16.0. The van der Waals surface area contributed by atoms with Crippen LogP contribution in [0.1, 0.15) is 50.4 Å². The molecule has 2 heterocycles. The van der Waals surface area contributed by atoms with Crippen LogP contribution in [0.15, 0.2) is 42.6 Å². The number of pyridine rings is 1. The van der Waals surface area contributed by atoms with Crippen LogP contribution in [-0.4, -0.2) is 36.8 Å². The van der Waals surface area contributed by atoms with Gasteiger partial charge in [-0.15, -0.1) is 0 Å². The number of nitrogens with one attached hydrogen (secondary N) is 1. The largest absolute Gasteiger partial charge is 0.481 e. The highest BCUT2D eigenvalue weighted by Gasteiger charge is 2.52. The molecule has 1 saturated heterocycles. The van der Waals surface area contributed by atoms with Crippen LogP contribution in [0.5, 0.6) is 5.88 Å². The average Bonchev–Trinajstić information content (AvgIpc) is 3.18. The second-order valence-corrected chi connectivity index (χ2v) is 9.34. The molecule has 1 aliphatic heterocycles. The van der Waals surface area contributed by atoms with Gasteiger partial charge in [-0.1, -0.05) is 51.1 Å². The number of aromatic nitrogens is 1. The van der Waals surface area contributed by atoms with E-state index in [1.807, 2.05) is 51.1 Å². The molecule has 6 nitrogen and oxygen atoms in total. The van der Waals surface area contributed by atoms with Crippen molar-refractivity contribution in [3.05, 3.63) is 59.3 Å². The average molecular weight is 481 g/mol. The molecule has 0 spiro atoms. The Labute approximate surface area is 197 Å². The van der Waals surface area contributed by atoms with E-state index in [2.05, 4.69) is 10.3 Å². The number of benzene rings is 1. The molecule has 1 aromatic carbocycles. The van der Waals surface area contributed by atoms with Crippen LogP contribution in [0.2, 0.25) is 0 Å². The van der Waals surface area contributed by atoms with Crippen LogP contribution < -0.4 is 10.1 Å². The SMILES string of the molecule is CCOC(=O)[C@H]1N[C@@H](c2ccccc2)[C@@H](OCc2cc(C(F)(F)F)cnc2OC)[C@@H]1C(C)(C)C. The first kappa shape index (κ1) is 26.0. The molecule has 0 aliphatic carbocycles. The standard InChI is InChI=1S/C25H31F3N2O4/c1-6-33-23(31)20-18(24(2,3)4)21(19(30-20)15-10-8-7-9-11-15)34-14-16-12-17(25(26,27)28)13-29-22(16)32-5/h7-13,18-21,30H,6,14H2,1-5H3/t18-,19+,20+,21+/m1/s1. The maximum Gasteiger partial charge on any atom is 0.417 e. The highest BCUT2D eigenvalue weighted by Crippen LogP contribution is 2.44. The molecule has 0 unspecified atom stereocenters. The van der Waals surface area contributed by atoms with Crippen molar-refractivity contribution in [2.24, 2.45) is 11.3 Å². The van der Waals surface area contributed by atoms with Gasteiger partial charge in [0, 0.05) is 17.7 Å². The predicted octanol–water partition coefficient (Wildman–Crippen LogP) is 4.93. The molecule has 9 heteroatoms. The number of ether oxygens (including phenoxy) is 3. The van der Waals surface area contributed by atoms with Crippen molar-refractivity contribution in [1.29, 1.82) is 0 Å². The van der Waals surface area contributed by atoms with Gasteiger partial charge in [-0.05, 0) is 24.0 Å². The Kier molecular flexibility index (Phi) is 7.88. The fraction of sp³-hybridized carbons (Fsp3) is 0.520. The van der Waals surface area contributed by atoms with Crippen LogP contribution in [0.4, 0.5) is 13.2 Å². The van der Waals surface area contributed by atoms with E-state index < -0.39 is 23.9 Å². The van der Waals surface area contributed by atoms with Gasteiger partial charge in [0.2, 0.25) is 5.88 Å². The summed E-state index contributed by atoms with van der Waals surface area (Å²) in [6.45, 7) is 7.82. The minimum absolute atomic E-state index is 0.0597. The van der Waals surface area contributed by atoms with Gasteiger partial charge in [0.1, 0.15) is 6.04 Å². The number of carbonyl (C=O) groups is 1.